The summed E-state index contributed by atoms with van der Waals surface area (Å²) in [5, 5.41) is 2.74. The standard InChI is InChI=1S/C14H18FN3O2/c1-10(19)18-8-7-17(2)13(9-18)14(20)16-12-5-3-11(15)4-6-12/h3-6,13H,7-9H2,1-2H3,(H,16,20)/t13-/m0/s1. The molecule has 0 radical (unpaired) electrons. The van der Waals surface area contributed by atoms with Gasteiger partial charge >= 0.3 is 0 Å². The van der Waals surface area contributed by atoms with Crippen LogP contribution in [0.5, 0.6) is 0 Å². The summed E-state index contributed by atoms with van der Waals surface area (Å²) in [6.07, 6.45) is 0. The average Bonchev–Trinajstić information content (AvgIpc) is 2.41. The van der Waals surface area contributed by atoms with Gasteiger partial charge in [0.2, 0.25) is 11.8 Å². The first-order valence-electron chi connectivity index (χ1n) is 6.49. The number of carbonyl (C=O) groups is 2. The van der Waals surface area contributed by atoms with Crippen molar-refractivity contribution in [1.29, 1.82) is 0 Å². The van der Waals surface area contributed by atoms with E-state index in [1.165, 1.54) is 31.2 Å². The number of nitrogens with zero attached hydrogens (tertiary/aromatic N) is 2. The first kappa shape index (κ1) is 14.5. The van der Waals surface area contributed by atoms with Gasteiger partial charge in [-0.1, -0.05) is 0 Å². The maximum absolute atomic E-state index is 12.8. The maximum Gasteiger partial charge on any atom is 0.243 e. The molecular weight excluding hydrogens is 261 g/mol. The Morgan fingerprint density at radius 1 is 1.25 bits per heavy atom. The molecule has 1 fully saturated rings. The lowest BCUT2D eigenvalue weighted by atomic mass is 10.1. The van der Waals surface area contributed by atoms with E-state index in [1.807, 2.05) is 11.9 Å². The molecule has 0 aliphatic carbocycles. The van der Waals surface area contributed by atoms with Crippen molar-refractivity contribution in [3.8, 4) is 0 Å². The van der Waals surface area contributed by atoms with E-state index in [0.29, 0.717) is 25.3 Å². The molecule has 1 aromatic carbocycles. The SMILES string of the molecule is CC(=O)N1CCN(C)[C@H](C(=O)Nc2ccc(F)cc2)C1. The highest BCUT2D eigenvalue weighted by Crippen LogP contribution is 2.13. The Labute approximate surface area is 117 Å². The zero-order chi connectivity index (χ0) is 14.7. The molecule has 20 heavy (non-hydrogen) atoms. The van der Waals surface area contributed by atoms with Gasteiger partial charge < -0.3 is 10.2 Å². The monoisotopic (exact) mass is 279 g/mol. The van der Waals surface area contributed by atoms with Crippen molar-refractivity contribution in [2.45, 2.75) is 13.0 Å². The third-order valence-corrected chi connectivity index (χ3v) is 3.51. The molecule has 6 heteroatoms. The van der Waals surface area contributed by atoms with E-state index >= 15 is 0 Å². The second kappa shape index (κ2) is 6.00. The minimum atomic E-state index is -0.391. The largest absolute Gasteiger partial charge is 0.340 e. The van der Waals surface area contributed by atoms with Crippen LogP contribution in [0.15, 0.2) is 24.3 Å². The second-order valence-corrected chi connectivity index (χ2v) is 4.96. The van der Waals surface area contributed by atoms with Gasteiger partial charge in [-0.15, -0.1) is 0 Å². The van der Waals surface area contributed by atoms with E-state index in [9.17, 15) is 14.0 Å². The number of amides is 2. The molecule has 1 aliphatic heterocycles. The Morgan fingerprint density at radius 2 is 1.90 bits per heavy atom. The Morgan fingerprint density at radius 3 is 2.50 bits per heavy atom. The highest BCUT2D eigenvalue weighted by molar-refractivity contribution is 5.95. The fourth-order valence-corrected chi connectivity index (χ4v) is 2.20. The third kappa shape index (κ3) is 3.33. The molecule has 0 aromatic heterocycles. The molecule has 0 unspecified atom stereocenters. The summed E-state index contributed by atoms with van der Waals surface area (Å²) in [6, 6.07) is 5.22. The fraction of sp³-hybridized carbons (Fsp3) is 0.429. The molecule has 5 nitrogen and oxygen atoms in total. The Kier molecular flexibility index (Phi) is 4.34. The van der Waals surface area contributed by atoms with Crippen molar-refractivity contribution >= 4 is 17.5 Å². The van der Waals surface area contributed by atoms with Crippen molar-refractivity contribution in [1.82, 2.24) is 9.80 Å². The van der Waals surface area contributed by atoms with Gasteiger partial charge in [-0.2, -0.15) is 0 Å². The minimum absolute atomic E-state index is 0.0299. The molecule has 1 heterocycles. The summed E-state index contributed by atoms with van der Waals surface area (Å²) in [6.45, 7) is 3.16. The van der Waals surface area contributed by atoms with Crippen LogP contribution in [-0.4, -0.2) is 54.3 Å². The molecule has 1 atom stereocenters. The third-order valence-electron chi connectivity index (χ3n) is 3.51. The lowest BCUT2D eigenvalue weighted by molar-refractivity contribution is -0.134. The van der Waals surface area contributed by atoms with Crippen LogP contribution in [0.2, 0.25) is 0 Å². The number of piperazine rings is 1. The predicted molar refractivity (Wildman–Crippen MR) is 73.7 cm³/mol. The number of hydrogen-bond donors (Lipinski definition) is 1. The summed E-state index contributed by atoms with van der Waals surface area (Å²) in [4.78, 5) is 27.2. The molecule has 108 valence electrons. The van der Waals surface area contributed by atoms with Gasteiger partial charge in [0.15, 0.2) is 0 Å². The number of hydrogen-bond acceptors (Lipinski definition) is 3. The van der Waals surface area contributed by atoms with Crippen molar-refractivity contribution in [2.75, 3.05) is 32.0 Å². The van der Waals surface area contributed by atoms with Gasteiger partial charge in [0, 0.05) is 32.2 Å². The van der Waals surface area contributed by atoms with E-state index in [4.69, 9.17) is 0 Å². The summed E-state index contributed by atoms with van der Waals surface area (Å²) in [5.41, 5.74) is 0.546. The number of nitrogens with one attached hydrogen (secondary N) is 1. The predicted octanol–water partition coefficient (Wildman–Crippen LogP) is 0.927. The van der Waals surface area contributed by atoms with Crippen molar-refractivity contribution in [2.24, 2.45) is 0 Å². The molecular formula is C14H18FN3O2. The molecule has 1 saturated heterocycles. The average molecular weight is 279 g/mol. The molecule has 0 spiro atoms. The highest BCUT2D eigenvalue weighted by Gasteiger charge is 2.31. The number of carbonyl (C=O) groups excluding carboxylic acids is 2. The van der Waals surface area contributed by atoms with Crippen molar-refractivity contribution in [3.05, 3.63) is 30.1 Å². The Bertz CT molecular complexity index is 504. The fourth-order valence-electron chi connectivity index (χ4n) is 2.20. The number of rotatable bonds is 2. The first-order chi connectivity index (χ1) is 9.47. The normalized spacial score (nSPS) is 19.8. The lowest BCUT2D eigenvalue weighted by Crippen LogP contribution is -2.57. The summed E-state index contributed by atoms with van der Waals surface area (Å²) >= 11 is 0. The number of anilines is 1. The molecule has 2 rings (SSSR count). The Hall–Kier alpha value is -1.95. The maximum atomic E-state index is 12.8. The van der Waals surface area contributed by atoms with E-state index in [-0.39, 0.29) is 17.6 Å². The Balaban J connectivity index is 2.03. The van der Waals surface area contributed by atoms with Gasteiger partial charge in [0.05, 0.1) is 0 Å². The molecule has 0 bridgehead atoms. The van der Waals surface area contributed by atoms with Crippen LogP contribution in [-0.2, 0) is 9.59 Å². The zero-order valence-corrected chi connectivity index (χ0v) is 11.6. The quantitative estimate of drug-likeness (QED) is 0.876. The molecule has 0 saturated carbocycles. The summed E-state index contributed by atoms with van der Waals surface area (Å²) in [5.74, 6) is -0.566. The van der Waals surface area contributed by atoms with Crippen molar-refractivity contribution < 1.29 is 14.0 Å². The molecule has 1 aliphatic rings. The van der Waals surface area contributed by atoms with Crippen molar-refractivity contribution in [3.63, 3.8) is 0 Å². The van der Waals surface area contributed by atoms with Crippen LogP contribution >= 0.6 is 0 Å². The topological polar surface area (TPSA) is 52.7 Å². The smallest absolute Gasteiger partial charge is 0.243 e. The van der Waals surface area contributed by atoms with Crippen LogP contribution in [0.1, 0.15) is 6.92 Å². The van der Waals surface area contributed by atoms with E-state index in [2.05, 4.69) is 5.32 Å². The molecule has 1 N–H and O–H groups in total. The van der Waals surface area contributed by atoms with Crippen LogP contribution in [0, 0.1) is 5.82 Å². The van der Waals surface area contributed by atoms with Crippen LogP contribution in [0.4, 0.5) is 10.1 Å². The van der Waals surface area contributed by atoms with Gasteiger partial charge in [-0.25, -0.2) is 4.39 Å². The van der Waals surface area contributed by atoms with E-state index in [1.54, 1.807) is 4.90 Å². The zero-order valence-electron chi connectivity index (χ0n) is 11.6. The molecule has 1 aromatic rings. The van der Waals surface area contributed by atoms with Crippen LogP contribution < -0.4 is 5.32 Å². The minimum Gasteiger partial charge on any atom is -0.340 e. The highest BCUT2D eigenvalue weighted by atomic mass is 19.1. The number of halogens is 1. The van der Waals surface area contributed by atoms with Crippen LogP contribution in [0.25, 0.3) is 0 Å². The van der Waals surface area contributed by atoms with Gasteiger partial charge in [0.1, 0.15) is 11.9 Å². The summed E-state index contributed by atoms with van der Waals surface area (Å²) in [7, 11) is 1.85. The van der Waals surface area contributed by atoms with E-state index < -0.39 is 6.04 Å². The van der Waals surface area contributed by atoms with Crippen LogP contribution in [0.3, 0.4) is 0 Å². The van der Waals surface area contributed by atoms with E-state index in [0.717, 1.165) is 0 Å². The van der Waals surface area contributed by atoms with Gasteiger partial charge in [-0.3, -0.25) is 14.5 Å². The van der Waals surface area contributed by atoms with Gasteiger partial charge in [-0.05, 0) is 31.3 Å². The van der Waals surface area contributed by atoms with Gasteiger partial charge in [0.25, 0.3) is 0 Å². The molecule has 2 amide bonds. The number of likely N-dealkylation sites (N-methyl/N-ethyl adjacent to an activating group) is 1. The summed E-state index contributed by atoms with van der Waals surface area (Å²) < 4.78 is 12.8. The second-order valence-electron chi connectivity index (χ2n) is 4.96. The first-order valence-corrected chi connectivity index (χ1v) is 6.49. The lowest BCUT2D eigenvalue weighted by Gasteiger charge is -2.38. The number of benzene rings is 1.